The maximum absolute atomic E-state index is 12.6. The minimum absolute atomic E-state index is 0.101. The van der Waals surface area contributed by atoms with Crippen LogP contribution in [-0.4, -0.2) is 4.98 Å². The minimum atomic E-state index is -4.42. The number of thiophene rings is 1. The SMILES string of the molecule is NCc1sc(Cc2cccs2)nc1C(F)(F)F. The van der Waals surface area contributed by atoms with E-state index in [1.165, 1.54) is 11.3 Å². The summed E-state index contributed by atoms with van der Waals surface area (Å²) in [5, 5.41) is 2.34. The molecule has 0 atom stereocenters. The molecule has 17 heavy (non-hydrogen) atoms. The summed E-state index contributed by atoms with van der Waals surface area (Å²) in [6.45, 7) is -0.128. The zero-order valence-corrected chi connectivity index (χ0v) is 10.3. The highest BCUT2D eigenvalue weighted by atomic mass is 32.1. The summed E-state index contributed by atoms with van der Waals surface area (Å²) in [6, 6.07) is 3.74. The third kappa shape index (κ3) is 2.85. The van der Waals surface area contributed by atoms with Crippen LogP contribution in [0, 0.1) is 0 Å². The predicted molar refractivity (Wildman–Crippen MR) is 62.1 cm³/mol. The molecular weight excluding hydrogens is 269 g/mol. The number of hydrogen-bond acceptors (Lipinski definition) is 4. The molecule has 0 aliphatic heterocycles. The average Bonchev–Trinajstić information content (AvgIpc) is 2.86. The average molecular weight is 278 g/mol. The van der Waals surface area contributed by atoms with Gasteiger partial charge < -0.3 is 5.73 Å². The van der Waals surface area contributed by atoms with Gasteiger partial charge in [0.1, 0.15) is 0 Å². The van der Waals surface area contributed by atoms with Crippen LogP contribution in [0.25, 0.3) is 0 Å². The summed E-state index contributed by atoms with van der Waals surface area (Å²) in [7, 11) is 0. The minimum Gasteiger partial charge on any atom is -0.326 e. The molecule has 2 heterocycles. The van der Waals surface area contributed by atoms with Crippen molar-refractivity contribution in [3.05, 3.63) is 38.0 Å². The molecule has 0 aliphatic carbocycles. The van der Waals surface area contributed by atoms with E-state index in [-0.39, 0.29) is 11.4 Å². The second kappa shape index (κ2) is 4.75. The lowest BCUT2D eigenvalue weighted by Crippen LogP contribution is -2.10. The zero-order valence-electron chi connectivity index (χ0n) is 8.62. The molecule has 2 aromatic heterocycles. The molecule has 0 aliphatic rings. The van der Waals surface area contributed by atoms with Crippen molar-refractivity contribution in [1.82, 2.24) is 4.98 Å². The first kappa shape index (κ1) is 12.5. The third-order valence-corrected chi connectivity index (χ3v) is 4.06. The standard InChI is InChI=1S/C10H9F3N2S2/c11-10(12,13)9-7(5-14)17-8(15-9)4-6-2-1-3-16-6/h1-3H,4-5,14H2. The lowest BCUT2D eigenvalue weighted by atomic mass is 10.3. The largest absolute Gasteiger partial charge is 0.434 e. The first-order valence-corrected chi connectivity index (χ1v) is 6.48. The quantitative estimate of drug-likeness (QED) is 0.935. The Morgan fingerprint density at radius 3 is 2.59 bits per heavy atom. The van der Waals surface area contributed by atoms with E-state index in [4.69, 9.17) is 5.73 Å². The van der Waals surface area contributed by atoms with E-state index in [2.05, 4.69) is 4.98 Å². The van der Waals surface area contributed by atoms with Crippen molar-refractivity contribution >= 4 is 22.7 Å². The number of rotatable bonds is 3. The fourth-order valence-corrected chi connectivity index (χ4v) is 3.19. The van der Waals surface area contributed by atoms with Gasteiger partial charge in [0, 0.05) is 17.8 Å². The number of aromatic nitrogens is 1. The van der Waals surface area contributed by atoms with Crippen LogP contribution >= 0.6 is 22.7 Å². The lowest BCUT2D eigenvalue weighted by Gasteiger charge is -2.03. The van der Waals surface area contributed by atoms with Gasteiger partial charge in [-0.25, -0.2) is 4.98 Å². The van der Waals surface area contributed by atoms with E-state index in [0.29, 0.717) is 11.4 Å². The maximum atomic E-state index is 12.6. The smallest absolute Gasteiger partial charge is 0.326 e. The Balaban J connectivity index is 2.28. The predicted octanol–water partition coefficient (Wildman–Crippen LogP) is 3.27. The van der Waals surface area contributed by atoms with E-state index in [1.54, 1.807) is 0 Å². The van der Waals surface area contributed by atoms with Gasteiger partial charge in [0.2, 0.25) is 0 Å². The molecule has 2 rings (SSSR count). The van der Waals surface area contributed by atoms with E-state index < -0.39 is 11.9 Å². The Bertz CT molecular complexity index is 488. The molecule has 0 unspecified atom stereocenters. The van der Waals surface area contributed by atoms with Crippen LogP contribution in [0.2, 0.25) is 0 Å². The number of nitrogens with two attached hydrogens (primary N) is 1. The van der Waals surface area contributed by atoms with E-state index in [9.17, 15) is 13.2 Å². The summed E-state index contributed by atoms with van der Waals surface area (Å²) in [4.78, 5) is 4.74. The normalized spacial score (nSPS) is 12.0. The number of alkyl halides is 3. The van der Waals surface area contributed by atoms with E-state index >= 15 is 0 Å². The summed E-state index contributed by atoms with van der Waals surface area (Å²) >= 11 is 2.54. The molecule has 0 aromatic carbocycles. The van der Waals surface area contributed by atoms with Crippen molar-refractivity contribution < 1.29 is 13.2 Å². The Hall–Kier alpha value is -0.920. The molecule has 0 saturated carbocycles. The molecule has 0 bridgehead atoms. The van der Waals surface area contributed by atoms with Gasteiger partial charge >= 0.3 is 6.18 Å². The van der Waals surface area contributed by atoms with Gasteiger partial charge in [0.25, 0.3) is 0 Å². The molecule has 0 fully saturated rings. The molecule has 0 saturated heterocycles. The Labute approximate surface area is 104 Å². The second-order valence-corrected chi connectivity index (χ2v) is 5.54. The van der Waals surface area contributed by atoms with Gasteiger partial charge in [-0.15, -0.1) is 22.7 Å². The molecule has 2 nitrogen and oxygen atoms in total. The summed E-state index contributed by atoms with van der Waals surface area (Å²) in [5.74, 6) is 0. The summed E-state index contributed by atoms with van der Waals surface area (Å²) in [5.41, 5.74) is 4.47. The molecular formula is C10H9F3N2S2. The molecule has 0 spiro atoms. The van der Waals surface area contributed by atoms with Crippen molar-refractivity contribution in [3.8, 4) is 0 Å². The van der Waals surface area contributed by atoms with Crippen LogP contribution in [0.5, 0.6) is 0 Å². The first-order valence-electron chi connectivity index (χ1n) is 4.79. The van der Waals surface area contributed by atoms with Crippen molar-refractivity contribution in [1.29, 1.82) is 0 Å². The molecule has 92 valence electrons. The highest BCUT2D eigenvalue weighted by Gasteiger charge is 2.36. The topological polar surface area (TPSA) is 38.9 Å². The second-order valence-electron chi connectivity index (χ2n) is 3.34. The number of halogens is 3. The lowest BCUT2D eigenvalue weighted by molar-refractivity contribution is -0.141. The van der Waals surface area contributed by atoms with Gasteiger partial charge in [-0.2, -0.15) is 13.2 Å². The highest BCUT2D eigenvalue weighted by Crippen LogP contribution is 2.34. The fourth-order valence-electron chi connectivity index (χ4n) is 1.40. The number of thiazole rings is 1. The fraction of sp³-hybridized carbons (Fsp3) is 0.300. The van der Waals surface area contributed by atoms with Crippen LogP contribution in [0.4, 0.5) is 13.2 Å². The number of nitrogens with zero attached hydrogens (tertiary/aromatic N) is 1. The van der Waals surface area contributed by atoms with Crippen LogP contribution in [0.1, 0.15) is 20.5 Å². The summed E-state index contributed by atoms with van der Waals surface area (Å²) in [6.07, 6.45) is -3.98. The van der Waals surface area contributed by atoms with Gasteiger partial charge in [0.15, 0.2) is 5.69 Å². The Morgan fingerprint density at radius 1 is 1.35 bits per heavy atom. The van der Waals surface area contributed by atoms with Crippen molar-refractivity contribution in [2.24, 2.45) is 5.73 Å². The Kier molecular flexibility index (Phi) is 3.50. The van der Waals surface area contributed by atoms with E-state index in [0.717, 1.165) is 16.2 Å². The molecule has 0 amide bonds. The van der Waals surface area contributed by atoms with Crippen molar-refractivity contribution in [2.75, 3.05) is 0 Å². The third-order valence-electron chi connectivity index (χ3n) is 2.10. The van der Waals surface area contributed by atoms with Gasteiger partial charge in [-0.3, -0.25) is 0 Å². The summed E-state index contributed by atoms with van der Waals surface area (Å²) < 4.78 is 37.9. The zero-order chi connectivity index (χ0) is 12.5. The van der Waals surface area contributed by atoms with Crippen molar-refractivity contribution in [3.63, 3.8) is 0 Å². The molecule has 2 N–H and O–H groups in total. The Morgan fingerprint density at radius 2 is 2.12 bits per heavy atom. The molecule has 2 aromatic rings. The highest BCUT2D eigenvalue weighted by molar-refractivity contribution is 7.12. The number of hydrogen-bond donors (Lipinski definition) is 1. The van der Waals surface area contributed by atoms with Gasteiger partial charge in [-0.1, -0.05) is 6.07 Å². The molecule has 7 heteroatoms. The monoisotopic (exact) mass is 278 g/mol. The van der Waals surface area contributed by atoms with Crippen LogP contribution in [-0.2, 0) is 19.1 Å². The van der Waals surface area contributed by atoms with Gasteiger partial charge in [0.05, 0.1) is 9.88 Å². The molecule has 0 radical (unpaired) electrons. The van der Waals surface area contributed by atoms with Crippen LogP contribution < -0.4 is 5.73 Å². The van der Waals surface area contributed by atoms with Crippen LogP contribution in [0.3, 0.4) is 0 Å². The first-order chi connectivity index (χ1) is 8.00. The van der Waals surface area contributed by atoms with Crippen molar-refractivity contribution in [2.45, 2.75) is 19.1 Å². The maximum Gasteiger partial charge on any atom is 0.434 e. The van der Waals surface area contributed by atoms with Gasteiger partial charge in [-0.05, 0) is 11.4 Å². The van der Waals surface area contributed by atoms with E-state index in [1.807, 2.05) is 17.5 Å². The van der Waals surface area contributed by atoms with Crippen LogP contribution in [0.15, 0.2) is 17.5 Å².